The number of hydrogen-bond acceptors (Lipinski definition) is 5. The number of para-hydroxylation sites is 2. The van der Waals surface area contributed by atoms with Gasteiger partial charge < -0.3 is 4.74 Å². The number of rotatable bonds is 7. The highest BCUT2D eigenvalue weighted by Crippen LogP contribution is 2.34. The SMILES string of the molecule is CC=C(SC)c1nnc(SCc2cccc(C)c2)n1-c1ccccc1OC. The molecule has 0 saturated carbocycles. The van der Waals surface area contributed by atoms with Gasteiger partial charge in [-0.3, -0.25) is 4.57 Å². The lowest BCUT2D eigenvalue weighted by atomic mass is 10.2. The van der Waals surface area contributed by atoms with Gasteiger partial charge in [0.1, 0.15) is 5.75 Å². The second kappa shape index (κ2) is 9.15. The van der Waals surface area contributed by atoms with E-state index in [9.17, 15) is 0 Å². The Morgan fingerprint density at radius 1 is 1.15 bits per heavy atom. The maximum atomic E-state index is 5.59. The number of ether oxygens (including phenoxy) is 1. The number of methoxy groups -OCH3 is 1. The zero-order valence-corrected chi connectivity index (χ0v) is 17.6. The predicted octanol–water partition coefficient (Wildman–Crippen LogP) is 5.60. The number of thioether (sulfide) groups is 2. The number of allylic oxidation sites excluding steroid dienone is 1. The van der Waals surface area contributed by atoms with Crippen LogP contribution in [0.15, 0.2) is 59.8 Å². The molecular weight excluding hydrogens is 374 g/mol. The van der Waals surface area contributed by atoms with Crippen LogP contribution in [0.4, 0.5) is 0 Å². The first kappa shape index (κ1) is 19.6. The van der Waals surface area contributed by atoms with Crippen molar-refractivity contribution in [3.8, 4) is 11.4 Å². The van der Waals surface area contributed by atoms with Gasteiger partial charge >= 0.3 is 0 Å². The average molecular weight is 398 g/mol. The van der Waals surface area contributed by atoms with Gasteiger partial charge in [-0.15, -0.1) is 22.0 Å². The summed E-state index contributed by atoms with van der Waals surface area (Å²) in [4.78, 5) is 1.08. The number of hydrogen-bond donors (Lipinski definition) is 0. The van der Waals surface area contributed by atoms with Crippen molar-refractivity contribution in [3.05, 3.63) is 71.6 Å². The zero-order chi connectivity index (χ0) is 19.2. The van der Waals surface area contributed by atoms with E-state index in [0.717, 1.165) is 33.1 Å². The molecule has 0 atom stereocenters. The Bertz CT molecular complexity index is 950. The summed E-state index contributed by atoms with van der Waals surface area (Å²) in [5.41, 5.74) is 3.48. The first-order valence-electron chi connectivity index (χ1n) is 8.65. The molecule has 0 amide bonds. The molecule has 0 fully saturated rings. The molecule has 0 aliphatic rings. The lowest BCUT2D eigenvalue weighted by Gasteiger charge is -2.14. The van der Waals surface area contributed by atoms with Crippen LogP contribution in [-0.4, -0.2) is 28.1 Å². The van der Waals surface area contributed by atoms with Crippen LogP contribution in [-0.2, 0) is 5.75 Å². The molecule has 140 valence electrons. The van der Waals surface area contributed by atoms with Crippen molar-refractivity contribution < 1.29 is 4.74 Å². The monoisotopic (exact) mass is 397 g/mol. The van der Waals surface area contributed by atoms with Crippen molar-refractivity contribution >= 4 is 28.4 Å². The van der Waals surface area contributed by atoms with Crippen molar-refractivity contribution in [1.29, 1.82) is 0 Å². The van der Waals surface area contributed by atoms with Gasteiger partial charge in [0.2, 0.25) is 0 Å². The lowest BCUT2D eigenvalue weighted by Crippen LogP contribution is -2.04. The van der Waals surface area contributed by atoms with E-state index in [-0.39, 0.29) is 0 Å². The van der Waals surface area contributed by atoms with E-state index in [1.54, 1.807) is 30.6 Å². The van der Waals surface area contributed by atoms with Crippen molar-refractivity contribution in [2.45, 2.75) is 24.8 Å². The molecule has 3 rings (SSSR count). The Kier molecular flexibility index (Phi) is 6.63. The summed E-state index contributed by atoms with van der Waals surface area (Å²) >= 11 is 3.34. The van der Waals surface area contributed by atoms with E-state index in [0.29, 0.717) is 0 Å². The largest absolute Gasteiger partial charge is 0.495 e. The van der Waals surface area contributed by atoms with Gasteiger partial charge in [0.15, 0.2) is 11.0 Å². The molecule has 1 aromatic heterocycles. The summed E-state index contributed by atoms with van der Waals surface area (Å²) < 4.78 is 7.68. The standard InChI is InChI=1S/C21H23N3OS2/c1-5-19(26-4)20-22-23-21(27-14-16-10-8-9-15(2)13-16)24(20)17-11-6-7-12-18(17)25-3/h5-13H,14H2,1-4H3. The molecule has 0 aliphatic carbocycles. The molecule has 3 aromatic rings. The highest BCUT2D eigenvalue weighted by atomic mass is 32.2. The fourth-order valence-electron chi connectivity index (χ4n) is 2.84. The molecule has 4 nitrogen and oxygen atoms in total. The number of nitrogens with zero attached hydrogens (tertiary/aromatic N) is 3. The van der Waals surface area contributed by atoms with E-state index < -0.39 is 0 Å². The fourth-order valence-corrected chi connectivity index (χ4v) is 4.28. The van der Waals surface area contributed by atoms with E-state index >= 15 is 0 Å². The zero-order valence-electron chi connectivity index (χ0n) is 16.0. The molecule has 0 saturated heterocycles. The topological polar surface area (TPSA) is 39.9 Å². The summed E-state index contributed by atoms with van der Waals surface area (Å²) in [6.07, 6.45) is 4.12. The highest BCUT2D eigenvalue weighted by Gasteiger charge is 2.19. The third kappa shape index (κ3) is 4.39. The van der Waals surface area contributed by atoms with Gasteiger partial charge in [0.25, 0.3) is 0 Å². The van der Waals surface area contributed by atoms with E-state index in [2.05, 4.69) is 58.3 Å². The van der Waals surface area contributed by atoms with Crippen LogP contribution >= 0.6 is 23.5 Å². The summed E-state index contributed by atoms with van der Waals surface area (Å²) in [5.74, 6) is 2.47. The molecule has 0 aliphatic heterocycles. The Labute approximate surface area is 169 Å². The lowest BCUT2D eigenvalue weighted by molar-refractivity contribution is 0.412. The van der Waals surface area contributed by atoms with Gasteiger partial charge in [-0.2, -0.15) is 0 Å². The Morgan fingerprint density at radius 3 is 2.67 bits per heavy atom. The number of aryl methyl sites for hydroxylation is 1. The minimum Gasteiger partial charge on any atom is -0.495 e. The fraction of sp³-hybridized carbons (Fsp3) is 0.238. The molecule has 27 heavy (non-hydrogen) atoms. The van der Waals surface area contributed by atoms with Gasteiger partial charge in [-0.05, 0) is 37.8 Å². The van der Waals surface area contributed by atoms with Crippen molar-refractivity contribution in [2.75, 3.05) is 13.4 Å². The third-order valence-corrected chi connectivity index (χ3v) is 5.97. The maximum absolute atomic E-state index is 5.59. The summed E-state index contributed by atoms with van der Waals surface area (Å²) in [6, 6.07) is 16.5. The van der Waals surface area contributed by atoms with Crippen LogP contribution in [0.25, 0.3) is 10.6 Å². The smallest absolute Gasteiger partial charge is 0.196 e. The van der Waals surface area contributed by atoms with Crippen LogP contribution in [0, 0.1) is 6.92 Å². The van der Waals surface area contributed by atoms with Crippen molar-refractivity contribution in [1.82, 2.24) is 14.8 Å². The highest BCUT2D eigenvalue weighted by molar-refractivity contribution is 8.07. The quantitative estimate of drug-likeness (QED) is 0.485. The van der Waals surface area contributed by atoms with Gasteiger partial charge in [-0.1, -0.05) is 59.8 Å². The molecule has 2 aromatic carbocycles. The molecular formula is C21H23N3OS2. The molecule has 0 bridgehead atoms. The van der Waals surface area contributed by atoms with Gasteiger partial charge in [-0.25, -0.2) is 0 Å². The first-order chi connectivity index (χ1) is 13.2. The Morgan fingerprint density at radius 2 is 1.96 bits per heavy atom. The number of benzene rings is 2. The normalized spacial score (nSPS) is 11.6. The van der Waals surface area contributed by atoms with Crippen molar-refractivity contribution in [2.24, 2.45) is 0 Å². The molecule has 0 spiro atoms. The van der Waals surface area contributed by atoms with Crippen LogP contribution < -0.4 is 4.74 Å². The predicted molar refractivity (Wildman–Crippen MR) is 116 cm³/mol. The van der Waals surface area contributed by atoms with Crippen LogP contribution in [0.3, 0.4) is 0 Å². The minimum atomic E-state index is 0.799. The number of aromatic nitrogens is 3. The second-order valence-corrected chi connectivity index (χ2v) is 7.74. The molecule has 0 unspecified atom stereocenters. The van der Waals surface area contributed by atoms with Crippen LogP contribution in [0.1, 0.15) is 23.9 Å². The molecule has 1 heterocycles. The second-order valence-electron chi connectivity index (χ2n) is 5.95. The van der Waals surface area contributed by atoms with Gasteiger partial charge in [0.05, 0.1) is 12.8 Å². The first-order valence-corrected chi connectivity index (χ1v) is 10.9. The van der Waals surface area contributed by atoms with E-state index in [1.807, 2.05) is 31.2 Å². The Hall–Kier alpha value is -2.18. The van der Waals surface area contributed by atoms with E-state index in [1.165, 1.54) is 11.1 Å². The minimum absolute atomic E-state index is 0.799. The maximum Gasteiger partial charge on any atom is 0.196 e. The summed E-state index contributed by atoms with van der Waals surface area (Å²) in [5, 5.41) is 9.83. The molecule has 6 heteroatoms. The van der Waals surface area contributed by atoms with Crippen LogP contribution in [0.5, 0.6) is 5.75 Å². The molecule has 0 radical (unpaired) electrons. The summed E-state index contributed by atoms with van der Waals surface area (Å²) in [7, 11) is 1.69. The molecule has 0 N–H and O–H groups in total. The third-order valence-electron chi connectivity index (χ3n) is 4.11. The van der Waals surface area contributed by atoms with Gasteiger partial charge in [0, 0.05) is 10.7 Å². The Balaban J connectivity index is 2.04. The summed E-state index contributed by atoms with van der Waals surface area (Å²) in [6.45, 7) is 4.13. The average Bonchev–Trinajstić information content (AvgIpc) is 3.11. The van der Waals surface area contributed by atoms with E-state index in [4.69, 9.17) is 4.74 Å². The van der Waals surface area contributed by atoms with Crippen molar-refractivity contribution in [3.63, 3.8) is 0 Å². The van der Waals surface area contributed by atoms with Crippen LogP contribution in [0.2, 0.25) is 0 Å².